The Balaban J connectivity index is 1.89. The fraction of sp³-hybridized carbons (Fsp3) is 0.538. The van der Waals surface area contributed by atoms with Crippen LogP contribution in [0.3, 0.4) is 0 Å². The first kappa shape index (κ1) is 13.5. The molecule has 1 aliphatic heterocycles. The first-order valence-electron chi connectivity index (χ1n) is 6.15. The topological polar surface area (TPSA) is 47.7 Å². The molecule has 100 valence electrons. The van der Waals surface area contributed by atoms with E-state index in [4.69, 9.17) is 15.2 Å². The minimum atomic E-state index is 0.652. The second-order valence-corrected chi connectivity index (χ2v) is 5.30. The van der Waals surface area contributed by atoms with Gasteiger partial charge in [0.2, 0.25) is 0 Å². The standard InChI is InChI=1S/C13H20N2O2S/c1-16-7-8-17-6-4-15-5-9-18-13-3-2-11(14)10-12(13)15/h2-3,10H,4-9,14H2,1H3. The molecule has 1 aromatic rings. The van der Waals surface area contributed by atoms with Gasteiger partial charge < -0.3 is 20.1 Å². The Hall–Kier alpha value is -0.910. The number of nitrogen functional groups attached to an aromatic ring is 1. The first-order chi connectivity index (χ1) is 8.81. The van der Waals surface area contributed by atoms with E-state index in [2.05, 4.69) is 17.0 Å². The van der Waals surface area contributed by atoms with Gasteiger partial charge in [0.1, 0.15) is 0 Å². The molecule has 0 saturated heterocycles. The summed E-state index contributed by atoms with van der Waals surface area (Å²) >= 11 is 1.89. The molecule has 1 aromatic carbocycles. The van der Waals surface area contributed by atoms with Crippen molar-refractivity contribution < 1.29 is 9.47 Å². The Morgan fingerprint density at radius 1 is 1.33 bits per heavy atom. The van der Waals surface area contributed by atoms with Crippen LogP contribution in [-0.2, 0) is 9.47 Å². The average Bonchev–Trinajstić information content (AvgIpc) is 2.39. The third kappa shape index (κ3) is 3.54. The van der Waals surface area contributed by atoms with Crippen molar-refractivity contribution in [3.63, 3.8) is 0 Å². The lowest BCUT2D eigenvalue weighted by Crippen LogP contribution is -2.32. The van der Waals surface area contributed by atoms with Crippen molar-refractivity contribution in [3.05, 3.63) is 18.2 Å². The number of anilines is 2. The molecule has 0 spiro atoms. The second-order valence-electron chi connectivity index (χ2n) is 4.17. The number of ether oxygens (including phenoxy) is 2. The van der Waals surface area contributed by atoms with Crippen molar-refractivity contribution in [1.29, 1.82) is 0 Å². The highest BCUT2D eigenvalue weighted by Gasteiger charge is 2.16. The minimum Gasteiger partial charge on any atom is -0.399 e. The van der Waals surface area contributed by atoms with Gasteiger partial charge in [0.05, 0.1) is 25.5 Å². The molecule has 4 nitrogen and oxygen atoms in total. The van der Waals surface area contributed by atoms with Gasteiger partial charge >= 0.3 is 0 Å². The van der Waals surface area contributed by atoms with Crippen molar-refractivity contribution in [1.82, 2.24) is 0 Å². The number of benzene rings is 1. The van der Waals surface area contributed by atoms with Crippen molar-refractivity contribution >= 4 is 23.1 Å². The number of hydrogen-bond donors (Lipinski definition) is 1. The van der Waals surface area contributed by atoms with Gasteiger partial charge in [-0.3, -0.25) is 0 Å². The Labute approximate surface area is 112 Å². The normalized spacial score (nSPS) is 14.6. The van der Waals surface area contributed by atoms with Gasteiger partial charge in [0.25, 0.3) is 0 Å². The number of hydrogen-bond acceptors (Lipinski definition) is 5. The predicted molar refractivity (Wildman–Crippen MR) is 76.5 cm³/mol. The molecule has 5 heteroatoms. The first-order valence-corrected chi connectivity index (χ1v) is 7.14. The van der Waals surface area contributed by atoms with E-state index < -0.39 is 0 Å². The summed E-state index contributed by atoms with van der Waals surface area (Å²) in [4.78, 5) is 3.65. The van der Waals surface area contributed by atoms with Gasteiger partial charge in [-0.25, -0.2) is 0 Å². The minimum absolute atomic E-state index is 0.652. The van der Waals surface area contributed by atoms with E-state index in [-0.39, 0.29) is 0 Å². The highest BCUT2D eigenvalue weighted by Crippen LogP contribution is 2.35. The van der Waals surface area contributed by atoms with E-state index in [0.717, 1.165) is 31.1 Å². The van der Waals surface area contributed by atoms with E-state index in [1.54, 1.807) is 7.11 Å². The molecule has 0 radical (unpaired) electrons. The summed E-state index contributed by atoms with van der Waals surface area (Å²) in [6.45, 7) is 3.99. The van der Waals surface area contributed by atoms with Gasteiger partial charge in [0, 0.05) is 36.5 Å². The summed E-state index contributed by atoms with van der Waals surface area (Å²) in [5.74, 6) is 1.12. The van der Waals surface area contributed by atoms with Crippen molar-refractivity contribution in [2.24, 2.45) is 0 Å². The molecule has 18 heavy (non-hydrogen) atoms. The SMILES string of the molecule is COCCOCCN1CCSc2ccc(N)cc21. The largest absolute Gasteiger partial charge is 0.399 e. The lowest BCUT2D eigenvalue weighted by Gasteiger charge is -2.31. The molecular weight excluding hydrogens is 248 g/mol. The zero-order valence-corrected chi connectivity index (χ0v) is 11.5. The number of thioether (sulfide) groups is 1. The van der Waals surface area contributed by atoms with Crippen LogP contribution >= 0.6 is 11.8 Å². The zero-order valence-electron chi connectivity index (χ0n) is 10.7. The van der Waals surface area contributed by atoms with Crippen molar-refractivity contribution in [3.8, 4) is 0 Å². The average molecular weight is 268 g/mol. The number of nitrogens with two attached hydrogens (primary N) is 1. The molecule has 0 aromatic heterocycles. The number of fused-ring (bicyclic) bond motifs is 1. The van der Waals surface area contributed by atoms with Gasteiger partial charge in [0.15, 0.2) is 0 Å². The summed E-state index contributed by atoms with van der Waals surface area (Å²) < 4.78 is 10.5. The van der Waals surface area contributed by atoms with Gasteiger partial charge in [-0.15, -0.1) is 11.8 Å². The molecule has 0 amide bonds. The van der Waals surface area contributed by atoms with E-state index >= 15 is 0 Å². The van der Waals surface area contributed by atoms with Crippen LogP contribution in [0.25, 0.3) is 0 Å². The molecule has 0 saturated carbocycles. The molecular formula is C13H20N2O2S. The Morgan fingerprint density at radius 2 is 2.22 bits per heavy atom. The smallest absolute Gasteiger partial charge is 0.0701 e. The Kier molecular flexibility index (Phi) is 5.16. The molecule has 2 rings (SSSR count). The van der Waals surface area contributed by atoms with E-state index in [1.165, 1.54) is 10.6 Å². The zero-order chi connectivity index (χ0) is 12.8. The van der Waals surface area contributed by atoms with Crippen LogP contribution in [0.2, 0.25) is 0 Å². The van der Waals surface area contributed by atoms with Crippen molar-refractivity contribution in [2.45, 2.75) is 4.90 Å². The fourth-order valence-corrected chi connectivity index (χ4v) is 2.97. The molecule has 0 atom stereocenters. The predicted octanol–water partition coefficient (Wildman–Crippen LogP) is 1.84. The monoisotopic (exact) mass is 268 g/mol. The third-order valence-electron chi connectivity index (χ3n) is 2.88. The summed E-state index contributed by atoms with van der Waals surface area (Å²) in [5, 5.41) is 0. The Bertz CT molecular complexity index is 387. The van der Waals surface area contributed by atoms with Gasteiger partial charge in [-0.1, -0.05) is 0 Å². The van der Waals surface area contributed by atoms with Gasteiger partial charge in [-0.05, 0) is 18.2 Å². The van der Waals surface area contributed by atoms with Crippen LogP contribution in [0.5, 0.6) is 0 Å². The lowest BCUT2D eigenvalue weighted by atomic mass is 10.2. The molecule has 0 bridgehead atoms. The van der Waals surface area contributed by atoms with Gasteiger partial charge in [-0.2, -0.15) is 0 Å². The van der Waals surface area contributed by atoms with Crippen LogP contribution < -0.4 is 10.6 Å². The van der Waals surface area contributed by atoms with Crippen LogP contribution in [0, 0.1) is 0 Å². The molecule has 0 unspecified atom stereocenters. The molecule has 0 aliphatic carbocycles. The molecule has 1 heterocycles. The van der Waals surface area contributed by atoms with Crippen molar-refractivity contribution in [2.75, 3.05) is 56.4 Å². The number of rotatable bonds is 6. The highest BCUT2D eigenvalue weighted by atomic mass is 32.2. The number of methoxy groups -OCH3 is 1. The maximum Gasteiger partial charge on any atom is 0.0701 e. The third-order valence-corrected chi connectivity index (χ3v) is 3.92. The quantitative estimate of drug-likeness (QED) is 0.630. The van der Waals surface area contributed by atoms with Crippen LogP contribution in [0.4, 0.5) is 11.4 Å². The molecule has 1 aliphatic rings. The van der Waals surface area contributed by atoms with Crippen LogP contribution in [-0.4, -0.2) is 45.8 Å². The summed E-state index contributed by atoms with van der Waals surface area (Å²) in [6.07, 6.45) is 0. The summed E-state index contributed by atoms with van der Waals surface area (Å²) in [7, 11) is 1.68. The summed E-state index contributed by atoms with van der Waals surface area (Å²) in [6, 6.07) is 6.12. The molecule has 0 fully saturated rings. The van der Waals surface area contributed by atoms with Crippen LogP contribution in [0.1, 0.15) is 0 Å². The van der Waals surface area contributed by atoms with E-state index in [9.17, 15) is 0 Å². The highest BCUT2D eigenvalue weighted by molar-refractivity contribution is 7.99. The van der Waals surface area contributed by atoms with E-state index in [0.29, 0.717) is 13.2 Å². The maximum atomic E-state index is 5.85. The number of nitrogens with zero attached hydrogens (tertiary/aromatic N) is 1. The van der Waals surface area contributed by atoms with Crippen LogP contribution in [0.15, 0.2) is 23.1 Å². The van der Waals surface area contributed by atoms with E-state index in [1.807, 2.05) is 17.8 Å². The molecule has 2 N–H and O–H groups in total. The Morgan fingerprint density at radius 3 is 3.06 bits per heavy atom. The summed E-state index contributed by atoms with van der Waals surface area (Å²) in [5.41, 5.74) is 7.91. The maximum absolute atomic E-state index is 5.85. The lowest BCUT2D eigenvalue weighted by molar-refractivity contribution is 0.0741. The fourth-order valence-electron chi connectivity index (χ4n) is 1.94. The second kappa shape index (κ2) is 6.87.